The number of nitrogens with zero attached hydrogens (tertiary/aromatic N) is 5. The Hall–Kier alpha value is -9.19. The van der Waals surface area contributed by atoms with Crippen LogP contribution in [0.1, 0.15) is 0 Å². The Bertz CT molecular complexity index is 3940. The van der Waals surface area contributed by atoms with E-state index in [1.165, 1.54) is 60.3 Å². The van der Waals surface area contributed by atoms with E-state index in [4.69, 9.17) is 15.0 Å². The van der Waals surface area contributed by atoms with Gasteiger partial charge in [-0.25, -0.2) is 15.0 Å². The molecule has 3 heterocycles. The summed E-state index contributed by atoms with van der Waals surface area (Å²) in [5.74, 6) is 1.92. The second kappa shape index (κ2) is 16.4. The smallest absolute Gasteiger partial charge is 0.164 e. The van der Waals surface area contributed by atoms with E-state index in [9.17, 15) is 0 Å². The average Bonchev–Trinajstić information content (AvgIpc) is 3.94. The van der Waals surface area contributed by atoms with Crippen LogP contribution in [0.5, 0.6) is 0 Å². The van der Waals surface area contributed by atoms with Crippen molar-refractivity contribution in [3.05, 3.63) is 249 Å². The average molecular weight is 868 g/mol. The predicted molar refractivity (Wildman–Crippen MR) is 281 cm³/mol. The Morgan fingerprint density at radius 2 is 0.618 bits per heavy atom. The van der Waals surface area contributed by atoms with Gasteiger partial charge in [0.2, 0.25) is 0 Å². The van der Waals surface area contributed by atoms with Gasteiger partial charge in [-0.3, -0.25) is 0 Å². The number of hydrogen-bond donors (Lipinski definition) is 0. The lowest BCUT2D eigenvalue weighted by Crippen LogP contribution is -2.00. The fourth-order valence-electron chi connectivity index (χ4n) is 9.89. The summed E-state index contributed by atoms with van der Waals surface area (Å²) in [5.41, 5.74) is 16.7. The summed E-state index contributed by atoms with van der Waals surface area (Å²) in [4.78, 5) is 15.0. The van der Waals surface area contributed by atoms with E-state index in [0.29, 0.717) is 17.5 Å². The summed E-state index contributed by atoms with van der Waals surface area (Å²) in [7, 11) is 0. The summed E-state index contributed by atoms with van der Waals surface area (Å²) in [5, 5.41) is 4.89. The lowest BCUT2D eigenvalue weighted by Gasteiger charge is -2.12. The van der Waals surface area contributed by atoms with Crippen molar-refractivity contribution < 1.29 is 0 Å². The third kappa shape index (κ3) is 6.84. The van der Waals surface area contributed by atoms with Crippen molar-refractivity contribution >= 4 is 43.6 Å². The second-order valence-electron chi connectivity index (χ2n) is 17.3. The van der Waals surface area contributed by atoms with Crippen LogP contribution in [0.2, 0.25) is 0 Å². The predicted octanol–water partition coefficient (Wildman–Crippen LogP) is 16.1. The van der Waals surface area contributed by atoms with Gasteiger partial charge < -0.3 is 9.13 Å². The standard InChI is InChI=1S/C63H41N5/c1-4-16-42(17-5-1)47-23-15-25-52(39-47)68-58-29-13-11-27-54(58)56-40-48(33-37-59(56)68)43-30-34-51(35-31-43)67-57-28-12-10-26-53(57)55-36-32-49(41-60(55)67)46-22-14-24-50(38-46)63-65-61(44-18-6-2-7-19-44)64-62(66-63)45-20-8-3-9-21-45/h1-41H. The molecule has 0 aliphatic heterocycles. The topological polar surface area (TPSA) is 48.5 Å². The molecule has 0 saturated heterocycles. The minimum atomic E-state index is 0.633. The van der Waals surface area contributed by atoms with Crippen molar-refractivity contribution in [3.8, 4) is 78.9 Å². The maximum atomic E-state index is 5.02. The van der Waals surface area contributed by atoms with Crippen molar-refractivity contribution in [2.24, 2.45) is 0 Å². The van der Waals surface area contributed by atoms with Crippen LogP contribution in [-0.2, 0) is 0 Å². The zero-order valence-corrected chi connectivity index (χ0v) is 36.9. The molecule has 13 aromatic rings. The Kier molecular flexibility index (Phi) is 9.43. The summed E-state index contributed by atoms with van der Waals surface area (Å²) < 4.78 is 4.79. The van der Waals surface area contributed by atoms with Crippen molar-refractivity contribution in [1.82, 2.24) is 24.1 Å². The Labute approximate surface area is 393 Å². The maximum Gasteiger partial charge on any atom is 0.164 e. The van der Waals surface area contributed by atoms with Crippen LogP contribution < -0.4 is 0 Å². The first-order valence-corrected chi connectivity index (χ1v) is 23.0. The van der Waals surface area contributed by atoms with Gasteiger partial charge in [-0.1, -0.05) is 188 Å². The first kappa shape index (κ1) is 39.2. The molecule has 0 fully saturated rings. The van der Waals surface area contributed by atoms with E-state index < -0.39 is 0 Å². The number of rotatable bonds is 8. The highest BCUT2D eigenvalue weighted by Gasteiger charge is 2.18. The lowest BCUT2D eigenvalue weighted by molar-refractivity contribution is 1.07. The molecular weight excluding hydrogens is 827 g/mol. The summed E-state index contributed by atoms with van der Waals surface area (Å²) >= 11 is 0. The van der Waals surface area contributed by atoms with Crippen LogP contribution in [0, 0.1) is 0 Å². The third-order valence-corrected chi connectivity index (χ3v) is 13.2. The molecule has 0 spiro atoms. The highest BCUT2D eigenvalue weighted by atomic mass is 15.0. The van der Waals surface area contributed by atoms with Crippen molar-refractivity contribution in [1.29, 1.82) is 0 Å². The molecule has 0 aliphatic rings. The van der Waals surface area contributed by atoms with Crippen LogP contribution in [0.3, 0.4) is 0 Å². The molecule has 0 N–H and O–H groups in total. The molecule has 0 unspecified atom stereocenters. The van der Waals surface area contributed by atoms with Crippen molar-refractivity contribution in [2.45, 2.75) is 0 Å². The summed E-state index contributed by atoms with van der Waals surface area (Å²) in [6.07, 6.45) is 0. The second-order valence-corrected chi connectivity index (χ2v) is 17.3. The Morgan fingerprint density at radius 3 is 1.28 bits per heavy atom. The van der Waals surface area contributed by atoms with Crippen LogP contribution in [0.15, 0.2) is 249 Å². The van der Waals surface area contributed by atoms with Gasteiger partial charge in [0.15, 0.2) is 17.5 Å². The molecule has 10 aromatic carbocycles. The van der Waals surface area contributed by atoms with Gasteiger partial charge in [0.1, 0.15) is 0 Å². The van der Waals surface area contributed by atoms with Gasteiger partial charge >= 0.3 is 0 Å². The molecule has 0 bridgehead atoms. The number of benzene rings is 10. The van der Waals surface area contributed by atoms with Crippen LogP contribution in [0.4, 0.5) is 0 Å². The van der Waals surface area contributed by atoms with E-state index in [1.807, 2.05) is 60.7 Å². The normalized spacial score (nSPS) is 11.5. The molecule has 0 aliphatic carbocycles. The largest absolute Gasteiger partial charge is 0.309 e. The minimum Gasteiger partial charge on any atom is -0.309 e. The van der Waals surface area contributed by atoms with Gasteiger partial charge in [-0.2, -0.15) is 0 Å². The van der Waals surface area contributed by atoms with E-state index in [1.54, 1.807) is 0 Å². The summed E-state index contributed by atoms with van der Waals surface area (Å²) in [6.45, 7) is 0. The quantitative estimate of drug-likeness (QED) is 0.153. The maximum absolute atomic E-state index is 5.02. The number of aromatic nitrogens is 5. The SMILES string of the molecule is c1ccc(-c2cccc(-n3c4ccccc4c4cc(-c5ccc(-n6c7ccccc7c7ccc(-c8cccc(-c9nc(-c%10ccccc%10)nc(-c%10ccccc%10)n9)c8)cc76)cc5)ccc43)c2)cc1. The fraction of sp³-hybridized carbons (Fsp3) is 0. The highest BCUT2D eigenvalue weighted by Crippen LogP contribution is 2.39. The van der Waals surface area contributed by atoms with Crippen molar-refractivity contribution in [3.63, 3.8) is 0 Å². The van der Waals surface area contributed by atoms with E-state index in [0.717, 1.165) is 44.7 Å². The molecule has 0 radical (unpaired) electrons. The molecule has 0 amide bonds. The number of fused-ring (bicyclic) bond motifs is 6. The lowest BCUT2D eigenvalue weighted by atomic mass is 10.0. The molecule has 0 atom stereocenters. The molecule has 13 rings (SSSR count). The van der Waals surface area contributed by atoms with Gasteiger partial charge in [-0.15, -0.1) is 0 Å². The molecule has 3 aromatic heterocycles. The fourth-order valence-corrected chi connectivity index (χ4v) is 9.89. The Morgan fingerprint density at radius 1 is 0.206 bits per heavy atom. The highest BCUT2D eigenvalue weighted by molar-refractivity contribution is 6.11. The van der Waals surface area contributed by atoms with Crippen LogP contribution in [0.25, 0.3) is 123 Å². The first-order valence-electron chi connectivity index (χ1n) is 23.0. The van der Waals surface area contributed by atoms with Gasteiger partial charge in [-0.05, 0) is 94.0 Å². The monoisotopic (exact) mass is 867 g/mol. The van der Waals surface area contributed by atoms with Gasteiger partial charge in [0.25, 0.3) is 0 Å². The third-order valence-electron chi connectivity index (χ3n) is 13.2. The molecule has 318 valence electrons. The molecule has 0 saturated carbocycles. The molecular formula is C63H41N5. The molecule has 5 heteroatoms. The van der Waals surface area contributed by atoms with Gasteiger partial charge in [0, 0.05) is 49.6 Å². The number of hydrogen-bond acceptors (Lipinski definition) is 3. The zero-order chi connectivity index (χ0) is 45.0. The molecule has 68 heavy (non-hydrogen) atoms. The Balaban J connectivity index is 0.875. The molecule has 5 nitrogen and oxygen atoms in total. The zero-order valence-electron chi connectivity index (χ0n) is 36.9. The first-order chi connectivity index (χ1) is 33.7. The summed E-state index contributed by atoms with van der Waals surface area (Å²) in [6, 6.07) is 88.4. The van der Waals surface area contributed by atoms with Crippen molar-refractivity contribution in [2.75, 3.05) is 0 Å². The van der Waals surface area contributed by atoms with E-state index >= 15 is 0 Å². The van der Waals surface area contributed by atoms with E-state index in [-0.39, 0.29) is 0 Å². The minimum absolute atomic E-state index is 0.633. The number of para-hydroxylation sites is 2. The van der Waals surface area contributed by atoms with Crippen LogP contribution in [-0.4, -0.2) is 24.1 Å². The van der Waals surface area contributed by atoms with E-state index in [2.05, 4.69) is 197 Å². The van der Waals surface area contributed by atoms with Gasteiger partial charge in [0.05, 0.1) is 22.1 Å². The van der Waals surface area contributed by atoms with Crippen LogP contribution >= 0.6 is 0 Å².